The Bertz CT molecular complexity index is 544. The van der Waals surface area contributed by atoms with Crippen molar-refractivity contribution in [1.29, 1.82) is 0 Å². The Kier molecular flexibility index (Phi) is 3.82. The van der Waals surface area contributed by atoms with Gasteiger partial charge in [-0.25, -0.2) is 4.98 Å². The number of rotatable bonds is 5. The van der Waals surface area contributed by atoms with Crippen molar-refractivity contribution in [2.24, 2.45) is 0 Å². The van der Waals surface area contributed by atoms with Crippen molar-refractivity contribution in [1.82, 2.24) is 29.4 Å². The van der Waals surface area contributed by atoms with E-state index in [2.05, 4.69) is 44.7 Å². The molecule has 0 aromatic carbocycles. The molecule has 0 N–H and O–H groups in total. The molecule has 0 radical (unpaired) electrons. The molecule has 1 aliphatic heterocycles. The maximum Gasteiger partial charge on any atom is 0.137 e. The highest BCUT2D eigenvalue weighted by Crippen LogP contribution is 2.19. The molecule has 6 heteroatoms. The molecule has 0 amide bonds. The lowest BCUT2D eigenvalue weighted by Crippen LogP contribution is -2.36. The lowest BCUT2D eigenvalue weighted by atomic mass is 10.2. The van der Waals surface area contributed by atoms with Crippen LogP contribution in [0.3, 0.4) is 0 Å². The summed E-state index contributed by atoms with van der Waals surface area (Å²) in [6.45, 7) is 8.31. The molecule has 6 nitrogen and oxygen atoms in total. The molecule has 1 saturated heterocycles. The van der Waals surface area contributed by atoms with Crippen molar-refractivity contribution < 1.29 is 0 Å². The summed E-state index contributed by atoms with van der Waals surface area (Å²) in [6.07, 6.45) is 5.92. The molecule has 2 aromatic heterocycles. The third-order valence-electron chi connectivity index (χ3n) is 4.07. The maximum absolute atomic E-state index is 4.58. The Labute approximate surface area is 119 Å². The van der Waals surface area contributed by atoms with E-state index < -0.39 is 0 Å². The zero-order chi connectivity index (χ0) is 13.9. The SMILES string of the molecule is Cc1cc(C)n(CC2CCCN2CCn2cncn2)n1. The highest BCUT2D eigenvalue weighted by molar-refractivity contribution is 5.06. The minimum atomic E-state index is 0.594. The Morgan fingerprint density at radius 2 is 2.20 bits per heavy atom. The fourth-order valence-electron chi connectivity index (χ4n) is 3.03. The fraction of sp³-hybridized carbons (Fsp3) is 0.643. The highest BCUT2D eigenvalue weighted by atomic mass is 15.3. The largest absolute Gasteiger partial charge is 0.297 e. The first-order valence-electron chi connectivity index (χ1n) is 7.30. The smallest absolute Gasteiger partial charge is 0.137 e. The van der Waals surface area contributed by atoms with Crippen molar-refractivity contribution in [2.45, 2.75) is 45.8 Å². The summed E-state index contributed by atoms with van der Waals surface area (Å²) in [5.41, 5.74) is 2.36. The van der Waals surface area contributed by atoms with Gasteiger partial charge in [0, 0.05) is 18.3 Å². The van der Waals surface area contributed by atoms with Gasteiger partial charge in [-0.3, -0.25) is 14.3 Å². The molecule has 2 aromatic rings. The van der Waals surface area contributed by atoms with E-state index >= 15 is 0 Å². The van der Waals surface area contributed by atoms with Crippen LogP contribution in [0.2, 0.25) is 0 Å². The van der Waals surface area contributed by atoms with Gasteiger partial charge in [0.05, 0.1) is 18.8 Å². The van der Waals surface area contributed by atoms with E-state index in [0.717, 1.165) is 25.3 Å². The van der Waals surface area contributed by atoms with Gasteiger partial charge in [0.1, 0.15) is 12.7 Å². The van der Waals surface area contributed by atoms with Gasteiger partial charge in [0.25, 0.3) is 0 Å². The number of hydrogen-bond donors (Lipinski definition) is 0. The summed E-state index contributed by atoms with van der Waals surface area (Å²) >= 11 is 0. The number of aryl methyl sites for hydroxylation is 2. The highest BCUT2D eigenvalue weighted by Gasteiger charge is 2.25. The Morgan fingerprint density at radius 3 is 2.90 bits per heavy atom. The molecule has 1 aliphatic rings. The van der Waals surface area contributed by atoms with Crippen LogP contribution in [-0.2, 0) is 13.1 Å². The normalized spacial score (nSPS) is 19.8. The lowest BCUT2D eigenvalue weighted by Gasteiger charge is -2.24. The summed E-state index contributed by atoms with van der Waals surface area (Å²) in [4.78, 5) is 6.54. The monoisotopic (exact) mass is 274 g/mol. The van der Waals surface area contributed by atoms with E-state index in [1.54, 1.807) is 12.7 Å². The third-order valence-corrected chi connectivity index (χ3v) is 4.07. The quantitative estimate of drug-likeness (QED) is 0.823. The zero-order valence-corrected chi connectivity index (χ0v) is 12.2. The van der Waals surface area contributed by atoms with Gasteiger partial charge in [0.2, 0.25) is 0 Å². The van der Waals surface area contributed by atoms with Gasteiger partial charge in [-0.05, 0) is 39.3 Å². The van der Waals surface area contributed by atoms with E-state index in [1.807, 2.05) is 4.68 Å². The fourth-order valence-corrected chi connectivity index (χ4v) is 3.03. The van der Waals surface area contributed by atoms with E-state index in [0.29, 0.717) is 6.04 Å². The standard InChI is InChI=1S/C14H22N6/c1-12-8-13(2)20(17-12)9-14-4-3-5-18(14)6-7-19-11-15-10-16-19/h8,10-11,14H,3-7,9H2,1-2H3. The third kappa shape index (κ3) is 2.90. The number of hydrogen-bond acceptors (Lipinski definition) is 4. The summed E-state index contributed by atoms with van der Waals surface area (Å²) in [6, 6.07) is 2.74. The molecule has 1 atom stereocenters. The summed E-state index contributed by atoms with van der Waals surface area (Å²) in [5, 5.41) is 8.75. The van der Waals surface area contributed by atoms with Gasteiger partial charge in [-0.2, -0.15) is 10.2 Å². The molecule has 108 valence electrons. The predicted molar refractivity (Wildman–Crippen MR) is 76.3 cm³/mol. The molecule has 3 rings (SSSR count). The van der Waals surface area contributed by atoms with E-state index in [4.69, 9.17) is 0 Å². The first-order valence-corrected chi connectivity index (χ1v) is 7.30. The van der Waals surface area contributed by atoms with Gasteiger partial charge in [-0.1, -0.05) is 0 Å². The summed E-state index contributed by atoms with van der Waals surface area (Å²) in [5.74, 6) is 0. The average molecular weight is 274 g/mol. The van der Waals surface area contributed by atoms with Gasteiger partial charge < -0.3 is 0 Å². The number of nitrogens with zero attached hydrogens (tertiary/aromatic N) is 6. The second kappa shape index (κ2) is 5.75. The van der Waals surface area contributed by atoms with Crippen LogP contribution in [0.5, 0.6) is 0 Å². The second-order valence-electron chi connectivity index (χ2n) is 5.60. The Morgan fingerprint density at radius 1 is 1.30 bits per heavy atom. The van der Waals surface area contributed by atoms with E-state index in [1.165, 1.54) is 25.1 Å². The van der Waals surface area contributed by atoms with Crippen LogP contribution in [0.15, 0.2) is 18.7 Å². The molecule has 0 saturated carbocycles. The maximum atomic E-state index is 4.58. The minimum Gasteiger partial charge on any atom is -0.297 e. The van der Waals surface area contributed by atoms with Crippen molar-refractivity contribution in [3.63, 3.8) is 0 Å². The zero-order valence-electron chi connectivity index (χ0n) is 12.2. The predicted octanol–water partition coefficient (Wildman–Crippen LogP) is 1.26. The summed E-state index contributed by atoms with van der Waals surface area (Å²) < 4.78 is 4.05. The van der Waals surface area contributed by atoms with Crippen LogP contribution < -0.4 is 0 Å². The van der Waals surface area contributed by atoms with Gasteiger partial charge in [0.15, 0.2) is 0 Å². The van der Waals surface area contributed by atoms with E-state index in [9.17, 15) is 0 Å². The molecule has 0 spiro atoms. The van der Waals surface area contributed by atoms with Crippen LogP contribution in [-0.4, -0.2) is 48.6 Å². The van der Waals surface area contributed by atoms with Gasteiger partial charge >= 0.3 is 0 Å². The average Bonchev–Trinajstić information content (AvgIpc) is 3.11. The second-order valence-corrected chi connectivity index (χ2v) is 5.60. The van der Waals surface area contributed by atoms with Crippen LogP contribution in [0.4, 0.5) is 0 Å². The van der Waals surface area contributed by atoms with Crippen molar-refractivity contribution in [3.05, 3.63) is 30.1 Å². The molecule has 0 bridgehead atoms. The Hall–Kier alpha value is -1.69. The van der Waals surface area contributed by atoms with Gasteiger partial charge in [-0.15, -0.1) is 0 Å². The molecular weight excluding hydrogens is 252 g/mol. The first kappa shape index (κ1) is 13.3. The molecular formula is C14H22N6. The number of aromatic nitrogens is 5. The number of likely N-dealkylation sites (tertiary alicyclic amines) is 1. The molecule has 3 heterocycles. The molecule has 1 unspecified atom stereocenters. The molecule has 0 aliphatic carbocycles. The van der Waals surface area contributed by atoms with Crippen molar-refractivity contribution in [2.75, 3.05) is 13.1 Å². The molecule has 20 heavy (non-hydrogen) atoms. The van der Waals surface area contributed by atoms with Crippen molar-refractivity contribution >= 4 is 0 Å². The lowest BCUT2D eigenvalue weighted by molar-refractivity contribution is 0.215. The van der Waals surface area contributed by atoms with Crippen LogP contribution in [0, 0.1) is 13.8 Å². The van der Waals surface area contributed by atoms with Crippen LogP contribution >= 0.6 is 0 Å². The first-order chi connectivity index (χ1) is 9.72. The van der Waals surface area contributed by atoms with E-state index in [-0.39, 0.29) is 0 Å². The molecule has 1 fully saturated rings. The van der Waals surface area contributed by atoms with Crippen LogP contribution in [0.25, 0.3) is 0 Å². The Balaban J connectivity index is 1.59. The topological polar surface area (TPSA) is 51.8 Å². The van der Waals surface area contributed by atoms with Crippen molar-refractivity contribution in [3.8, 4) is 0 Å². The summed E-state index contributed by atoms with van der Waals surface area (Å²) in [7, 11) is 0. The van der Waals surface area contributed by atoms with Crippen LogP contribution in [0.1, 0.15) is 24.2 Å². The minimum absolute atomic E-state index is 0.594.